The van der Waals surface area contributed by atoms with Gasteiger partial charge in [0.15, 0.2) is 6.29 Å². The highest BCUT2D eigenvalue weighted by molar-refractivity contribution is 7.11. The van der Waals surface area contributed by atoms with Crippen LogP contribution in [0, 0.1) is 0 Å². The van der Waals surface area contributed by atoms with Crippen molar-refractivity contribution in [2.45, 2.75) is 0 Å². The zero-order valence-corrected chi connectivity index (χ0v) is 4.44. The minimum atomic E-state index is 0.792. The lowest BCUT2D eigenvalue weighted by Gasteiger charge is -1.66. The van der Waals surface area contributed by atoms with Gasteiger partial charge in [-0.15, -0.1) is 11.3 Å². The first-order chi connectivity index (χ1) is 3.43. The van der Waals surface area contributed by atoms with Crippen molar-refractivity contribution >= 4 is 17.6 Å². The van der Waals surface area contributed by atoms with Crippen LogP contribution in [0.4, 0.5) is 0 Å². The van der Waals surface area contributed by atoms with E-state index in [4.69, 9.17) is 0 Å². The molecular weight excluding hydrogens is 109 g/mol. The molecule has 0 atom stereocenters. The van der Waals surface area contributed by atoms with Gasteiger partial charge in [0.2, 0.25) is 0 Å². The van der Waals surface area contributed by atoms with Gasteiger partial charge in [0.05, 0.1) is 4.88 Å². The van der Waals surface area contributed by atoms with E-state index in [1.54, 1.807) is 6.07 Å². The van der Waals surface area contributed by atoms with Gasteiger partial charge in [0.1, 0.15) is 0 Å². The fraction of sp³-hybridized carbons (Fsp3) is 0. The molecule has 1 aromatic heterocycles. The highest BCUT2D eigenvalue weighted by atomic mass is 32.1. The molecule has 36 valence electrons. The number of thiophene rings is 1. The Morgan fingerprint density at radius 2 is 2.57 bits per heavy atom. The summed E-state index contributed by atoms with van der Waals surface area (Å²) in [5.41, 5.74) is 0. The summed E-state index contributed by atoms with van der Waals surface area (Å²) in [6.07, 6.45) is 0.852. The van der Waals surface area contributed by atoms with Crippen LogP contribution in [0.5, 0.6) is 0 Å². The second-order valence-corrected chi connectivity index (χ2v) is 2.11. The molecular formula is C5H4OS. The fourth-order valence-corrected chi connectivity index (χ4v) is 0.885. The minimum Gasteiger partial charge on any atom is -0.297 e. The van der Waals surface area contributed by atoms with Crippen LogP contribution >= 0.6 is 11.3 Å². The largest absolute Gasteiger partial charge is 0.297 e. The van der Waals surface area contributed by atoms with E-state index < -0.39 is 0 Å². The molecule has 0 aliphatic heterocycles. The Labute approximate surface area is 45.6 Å². The Hall–Kier alpha value is -0.630. The molecule has 0 aliphatic carbocycles. The van der Waals surface area contributed by atoms with Gasteiger partial charge in [0, 0.05) is 0 Å². The average molecular weight is 113 g/mol. The zero-order chi connectivity index (χ0) is 5.11. The van der Waals surface area contributed by atoms with E-state index in [1.165, 1.54) is 11.3 Å². The molecule has 0 radical (unpaired) electrons. The van der Waals surface area contributed by atoms with E-state index in [2.05, 4.69) is 0 Å². The topological polar surface area (TPSA) is 17.1 Å². The van der Waals surface area contributed by atoms with Gasteiger partial charge in [-0.05, 0) is 11.4 Å². The maximum Gasteiger partial charge on any atom is 0.159 e. The monoisotopic (exact) mass is 113 g/mol. The summed E-state index contributed by atoms with van der Waals surface area (Å²) >= 11 is 1.45. The molecule has 0 saturated heterocycles. The van der Waals surface area contributed by atoms with Crippen LogP contribution in [0.25, 0.3) is 0 Å². The summed E-state index contributed by atoms with van der Waals surface area (Å²) in [5, 5.41) is 1.88. The molecule has 2 heteroatoms. The Morgan fingerprint density at radius 1 is 1.71 bits per heavy atom. The first kappa shape index (κ1) is 4.53. The summed E-state index contributed by atoms with van der Waals surface area (Å²) in [7, 11) is 0. The van der Waals surface area contributed by atoms with Gasteiger partial charge in [-0.3, -0.25) is 4.79 Å². The van der Waals surface area contributed by atoms with Crippen molar-refractivity contribution in [3.05, 3.63) is 22.4 Å². The third-order valence-corrected chi connectivity index (χ3v) is 1.46. The molecule has 0 N–H and O–H groups in total. The van der Waals surface area contributed by atoms with Gasteiger partial charge in [-0.2, -0.15) is 0 Å². The second kappa shape index (κ2) is 1.89. The number of aldehydes is 1. The maximum atomic E-state index is 9.88. The Bertz CT molecular complexity index is 143. The van der Waals surface area contributed by atoms with Gasteiger partial charge in [0.25, 0.3) is 0 Å². The Kier molecular flexibility index (Phi) is 1.22. The zero-order valence-electron chi connectivity index (χ0n) is 3.63. The standard InChI is InChI=1S/C5H4OS/c6-4-5-2-1-3-7-5/h1-4H/i2+1. The molecule has 0 spiro atoms. The van der Waals surface area contributed by atoms with Crippen LogP contribution in [0.1, 0.15) is 9.67 Å². The van der Waals surface area contributed by atoms with Crippen molar-refractivity contribution in [1.82, 2.24) is 0 Å². The summed E-state index contributed by atoms with van der Waals surface area (Å²) in [6.45, 7) is 0. The fourth-order valence-electron chi connectivity index (χ4n) is 0.358. The Balaban J connectivity index is 2.96. The molecule has 0 amide bonds. The van der Waals surface area contributed by atoms with E-state index in [9.17, 15) is 4.79 Å². The van der Waals surface area contributed by atoms with Crippen molar-refractivity contribution in [1.29, 1.82) is 0 Å². The summed E-state index contributed by atoms with van der Waals surface area (Å²) in [6, 6.07) is 3.64. The average Bonchev–Trinajstić information content (AvgIpc) is 2.14. The smallest absolute Gasteiger partial charge is 0.159 e. The van der Waals surface area contributed by atoms with E-state index in [0.717, 1.165) is 11.2 Å². The van der Waals surface area contributed by atoms with E-state index in [-0.39, 0.29) is 0 Å². The quantitative estimate of drug-likeness (QED) is 0.505. The number of carbonyl (C=O) groups is 1. The molecule has 1 aromatic rings. The highest BCUT2D eigenvalue weighted by Gasteiger charge is 1.82. The van der Waals surface area contributed by atoms with Gasteiger partial charge in [-0.25, -0.2) is 0 Å². The Morgan fingerprint density at radius 3 is 2.86 bits per heavy atom. The normalized spacial score (nSPS) is 8.57. The molecule has 0 fully saturated rings. The maximum absolute atomic E-state index is 9.88. The molecule has 0 aromatic carbocycles. The van der Waals surface area contributed by atoms with Crippen LogP contribution < -0.4 is 0 Å². The van der Waals surface area contributed by atoms with Crippen LogP contribution in [0.15, 0.2) is 17.5 Å². The molecule has 0 aliphatic rings. The van der Waals surface area contributed by atoms with Gasteiger partial charge < -0.3 is 0 Å². The number of hydrogen-bond acceptors (Lipinski definition) is 2. The van der Waals surface area contributed by atoms with E-state index in [0.29, 0.717) is 0 Å². The van der Waals surface area contributed by atoms with Crippen LogP contribution in [0.2, 0.25) is 0 Å². The predicted molar refractivity (Wildman–Crippen MR) is 29.7 cm³/mol. The molecule has 1 nitrogen and oxygen atoms in total. The van der Waals surface area contributed by atoms with Crippen molar-refractivity contribution in [2.75, 3.05) is 0 Å². The van der Waals surface area contributed by atoms with Crippen molar-refractivity contribution in [2.24, 2.45) is 0 Å². The SMILES string of the molecule is O=Cc1[13cH]ccs1. The summed E-state index contributed by atoms with van der Waals surface area (Å²) in [4.78, 5) is 10.7. The molecule has 0 saturated carbocycles. The van der Waals surface area contributed by atoms with Crippen molar-refractivity contribution in [3.63, 3.8) is 0 Å². The lowest BCUT2D eigenvalue weighted by molar-refractivity contribution is 0.112. The first-order valence-electron chi connectivity index (χ1n) is 1.92. The predicted octanol–water partition coefficient (Wildman–Crippen LogP) is 1.56. The summed E-state index contributed by atoms with van der Waals surface area (Å²) < 4.78 is 0. The van der Waals surface area contributed by atoms with Crippen LogP contribution in [0.3, 0.4) is 0 Å². The number of rotatable bonds is 1. The molecule has 1 rings (SSSR count). The van der Waals surface area contributed by atoms with Crippen molar-refractivity contribution < 1.29 is 4.79 Å². The summed E-state index contributed by atoms with van der Waals surface area (Å²) in [5.74, 6) is 0. The molecule has 0 bridgehead atoms. The van der Waals surface area contributed by atoms with E-state index >= 15 is 0 Å². The van der Waals surface area contributed by atoms with Crippen LogP contribution in [-0.4, -0.2) is 6.29 Å². The lowest BCUT2D eigenvalue weighted by atomic mass is 10.7. The van der Waals surface area contributed by atoms with E-state index in [1.807, 2.05) is 11.4 Å². The molecule has 1 heterocycles. The second-order valence-electron chi connectivity index (χ2n) is 1.13. The van der Waals surface area contributed by atoms with Gasteiger partial charge >= 0.3 is 0 Å². The lowest BCUT2D eigenvalue weighted by Crippen LogP contribution is -1.61. The number of hydrogen-bond donors (Lipinski definition) is 0. The van der Waals surface area contributed by atoms with Crippen molar-refractivity contribution in [3.8, 4) is 0 Å². The van der Waals surface area contributed by atoms with Crippen LogP contribution in [-0.2, 0) is 0 Å². The minimum absolute atomic E-state index is 0.792. The third-order valence-electron chi connectivity index (χ3n) is 0.659. The number of carbonyl (C=O) groups excluding carboxylic acids is 1. The van der Waals surface area contributed by atoms with Gasteiger partial charge in [-0.1, -0.05) is 6.07 Å². The highest BCUT2D eigenvalue weighted by Crippen LogP contribution is 2.02. The first-order valence-corrected chi connectivity index (χ1v) is 2.80. The molecule has 7 heavy (non-hydrogen) atoms. The third kappa shape index (κ3) is 0.871. The molecule has 0 unspecified atom stereocenters.